The summed E-state index contributed by atoms with van der Waals surface area (Å²) in [4.78, 5) is 17.7. The number of benzene rings is 2. The highest BCUT2D eigenvalue weighted by Gasteiger charge is 2.24. The van der Waals surface area contributed by atoms with Gasteiger partial charge in [-0.3, -0.25) is 4.79 Å². The SMILES string of the molecule is O=C(C=Cc1c[nH]c2ccccc12)N1CCOC(COc2ccc3c(c2)OCO3)C1. The van der Waals surface area contributed by atoms with Crippen LogP contribution in [-0.2, 0) is 9.53 Å². The van der Waals surface area contributed by atoms with Gasteiger partial charge in [-0.2, -0.15) is 0 Å². The molecule has 3 heterocycles. The minimum atomic E-state index is -0.186. The molecule has 0 radical (unpaired) electrons. The Labute approximate surface area is 173 Å². The molecule has 2 aliphatic rings. The molecule has 7 heteroatoms. The van der Waals surface area contributed by atoms with Crippen molar-refractivity contribution in [3.63, 3.8) is 0 Å². The maximum Gasteiger partial charge on any atom is 0.246 e. The molecule has 1 saturated heterocycles. The van der Waals surface area contributed by atoms with E-state index >= 15 is 0 Å². The highest BCUT2D eigenvalue weighted by atomic mass is 16.7. The average molecular weight is 406 g/mol. The lowest BCUT2D eigenvalue weighted by Gasteiger charge is -2.32. The van der Waals surface area contributed by atoms with Crippen molar-refractivity contribution in [3.05, 3.63) is 60.3 Å². The number of rotatable bonds is 5. The van der Waals surface area contributed by atoms with Crippen molar-refractivity contribution in [3.8, 4) is 17.2 Å². The quantitative estimate of drug-likeness (QED) is 0.659. The number of para-hydroxylation sites is 1. The second-order valence-electron chi connectivity index (χ2n) is 7.23. The Morgan fingerprint density at radius 2 is 2.10 bits per heavy atom. The zero-order valence-corrected chi connectivity index (χ0v) is 16.4. The van der Waals surface area contributed by atoms with Crippen molar-refractivity contribution in [1.29, 1.82) is 0 Å². The van der Waals surface area contributed by atoms with Gasteiger partial charge in [-0.15, -0.1) is 0 Å². The van der Waals surface area contributed by atoms with Crippen LogP contribution in [0.2, 0.25) is 0 Å². The first-order valence-corrected chi connectivity index (χ1v) is 9.93. The number of aromatic amines is 1. The Morgan fingerprint density at radius 3 is 3.07 bits per heavy atom. The van der Waals surface area contributed by atoms with Crippen LogP contribution in [0.4, 0.5) is 0 Å². The zero-order valence-electron chi connectivity index (χ0n) is 16.4. The van der Waals surface area contributed by atoms with E-state index in [1.165, 1.54) is 0 Å². The lowest BCUT2D eigenvalue weighted by atomic mass is 10.1. The van der Waals surface area contributed by atoms with Gasteiger partial charge in [0, 0.05) is 35.8 Å². The maximum absolute atomic E-state index is 12.7. The van der Waals surface area contributed by atoms with Gasteiger partial charge in [-0.1, -0.05) is 18.2 Å². The Morgan fingerprint density at radius 1 is 1.20 bits per heavy atom. The molecule has 5 rings (SSSR count). The minimum Gasteiger partial charge on any atom is -0.491 e. The monoisotopic (exact) mass is 406 g/mol. The number of carbonyl (C=O) groups excluding carboxylic acids is 1. The number of aromatic nitrogens is 1. The van der Waals surface area contributed by atoms with Gasteiger partial charge in [0.25, 0.3) is 0 Å². The maximum atomic E-state index is 12.7. The number of amides is 1. The van der Waals surface area contributed by atoms with Gasteiger partial charge in [-0.05, 0) is 29.8 Å². The molecule has 154 valence electrons. The topological polar surface area (TPSA) is 73.0 Å². The van der Waals surface area contributed by atoms with E-state index in [1.807, 2.05) is 48.7 Å². The van der Waals surface area contributed by atoms with Crippen LogP contribution in [0.5, 0.6) is 17.2 Å². The Balaban J connectivity index is 1.18. The zero-order chi connectivity index (χ0) is 20.3. The van der Waals surface area contributed by atoms with E-state index in [2.05, 4.69) is 4.98 Å². The van der Waals surface area contributed by atoms with E-state index in [-0.39, 0.29) is 18.8 Å². The van der Waals surface area contributed by atoms with Crippen molar-refractivity contribution < 1.29 is 23.7 Å². The molecule has 3 aromatic rings. The van der Waals surface area contributed by atoms with Crippen LogP contribution in [0.15, 0.2) is 54.7 Å². The van der Waals surface area contributed by atoms with Crippen LogP contribution in [0.3, 0.4) is 0 Å². The lowest BCUT2D eigenvalue weighted by molar-refractivity contribution is -0.134. The molecule has 1 atom stereocenters. The second kappa shape index (κ2) is 8.12. The summed E-state index contributed by atoms with van der Waals surface area (Å²) in [6.07, 6.45) is 5.20. The summed E-state index contributed by atoms with van der Waals surface area (Å²) in [6.45, 7) is 2.13. The standard InChI is InChI=1S/C23H22N2O5/c26-23(8-5-16-12-24-20-4-2-1-3-19(16)20)25-9-10-27-18(13-25)14-28-17-6-7-21-22(11-17)30-15-29-21/h1-8,11-12,18,24H,9-10,13-15H2. The molecule has 1 N–H and O–H groups in total. The molecular weight excluding hydrogens is 384 g/mol. The van der Waals surface area contributed by atoms with E-state index in [0.29, 0.717) is 37.8 Å². The molecule has 2 aromatic carbocycles. The molecule has 1 amide bonds. The second-order valence-corrected chi connectivity index (χ2v) is 7.23. The predicted octanol–water partition coefficient (Wildman–Crippen LogP) is 3.22. The van der Waals surface area contributed by atoms with E-state index in [4.69, 9.17) is 18.9 Å². The fraction of sp³-hybridized carbons (Fsp3) is 0.261. The average Bonchev–Trinajstić information content (AvgIpc) is 3.42. The molecule has 2 aliphatic heterocycles. The molecule has 0 aliphatic carbocycles. The van der Waals surface area contributed by atoms with E-state index in [0.717, 1.165) is 22.2 Å². The Bertz CT molecular complexity index is 1090. The number of hydrogen-bond acceptors (Lipinski definition) is 5. The fourth-order valence-electron chi connectivity index (χ4n) is 3.67. The first kappa shape index (κ1) is 18.6. The van der Waals surface area contributed by atoms with Crippen LogP contribution in [-0.4, -0.2) is 55.0 Å². The molecule has 30 heavy (non-hydrogen) atoms. The molecular formula is C23H22N2O5. The van der Waals surface area contributed by atoms with Crippen molar-refractivity contribution in [2.24, 2.45) is 0 Å². The van der Waals surface area contributed by atoms with Gasteiger partial charge in [-0.25, -0.2) is 0 Å². The number of fused-ring (bicyclic) bond motifs is 2. The van der Waals surface area contributed by atoms with Crippen molar-refractivity contribution >= 4 is 22.9 Å². The third-order valence-electron chi connectivity index (χ3n) is 5.26. The minimum absolute atomic E-state index is 0.0309. The smallest absolute Gasteiger partial charge is 0.246 e. The third-order valence-corrected chi connectivity index (χ3v) is 5.26. The summed E-state index contributed by atoms with van der Waals surface area (Å²) in [5.41, 5.74) is 2.05. The summed E-state index contributed by atoms with van der Waals surface area (Å²) < 4.78 is 22.3. The highest BCUT2D eigenvalue weighted by molar-refractivity contribution is 5.96. The molecule has 1 fully saturated rings. The van der Waals surface area contributed by atoms with Crippen molar-refractivity contribution in [1.82, 2.24) is 9.88 Å². The summed E-state index contributed by atoms with van der Waals surface area (Å²) in [5, 5.41) is 1.10. The number of ether oxygens (including phenoxy) is 4. The number of morpholine rings is 1. The predicted molar refractivity (Wildman–Crippen MR) is 112 cm³/mol. The summed E-state index contributed by atoms with van der Waals surface area (Å²) in [6, 6.07) is 13.5. The van der Waals surface area contributed by atoms with E-state index < -0.39 is 0 Å². The number of carbonyl (C=O) groups is 1. The van der Waals surface area contributed by atoms with Crippen LogP contribution in [0.25, 0.3) is 17.0 Å². The van der Waals surface area contributed by atoms with Crippen LogP contribution >= 0.6 is 0 Å². The van der Waals surface area contributed by atoms with Crippen LogP contribution < -0.4 is 14.2 Å². The van der Waals surface area contributed by atoms with Gasteiger partial charge in [0.15, 0.2) is 11.5 Å². The molecule has 0 saturated carbocycles. The molecule has 0 spiro atoms. The summed E-state index contributed by atoms with van der Waals surface area (Å²) in [5.74, 6) is 2.05. The van der Waals surface area contributed by atoms with Gasteiger partial charge < -0.3 is 28.8 Å². The van der Waals surface area contributed by atoms with Gasteiger partial charge in [0.2, 0.25) is 12.7 Å². The van der Waals surface area contributed by atoms with Crippen molar-refractivity contribution in [2.75, 3.05) is 33.1 Å². The molecule has 1 unspecified atom stereocenters. The first-order chi connectivity index (χ1) is 14.8. The normalized spacial score (nSPS) is 18.3. The first-order valence-electron chi connectivity index (χ1n) is 9.93. The molecule has 0 bridgehead atoms. The lowest BCUT2D eigenvalue weighted by Crippen LogP contribution is -2.47. The fourth-order valence-corrected chi connectivity index (χ4v) is 3.67. The van der Waals surface area contributed by atoms with E-state index in [9.17, 15) is 4.79 Å². The third kappa shape index (κ3) is 3.84. The van der Waals surface area contributed by atoms with Crippen LogP contribution in [0.1, 0.15) is 5.56 Å². The molecule has 7 nitrogen and oxygen atoms in total. The summed E-state index contributed by atoms with van der Waals surface area (Å²) in [7, 11) is 0. The number of H-pyrrole nitrogens is 1. The molecule has 1 aromatic heterocycles. The Hall–Kier alpha value is -3.45. The largest absolute Gasteiger partial charge is 0.491 e. The van der Waals surface area contributed by atoms with Gasteiger partial charge in [0.05, 0.1) is 13.2 Å². The van der Waals surface area contributed by atoms with Crippen molar-refractivity contribution in [2.45, 2.75) is 6.10 Å². The van der Waals surface area contributed by atoms with Gasteiger partial charge in [0.1, 0.15) is 18.5 Å². The highest BCUT2D eigenvalue weighted by Crippen LogP contribution is 2.35. The van der Waals surface area contributed by atoms with Crippen LogP contribution in [0, 0.1) is 0 Å². The number of nitrogens with one attached hydrogen (secondary N) is 1. The number of nitrogens with zero attached hydrogens (tertiary/aromatic N) is 1. The Kier molecular flexibility index (Phi) is 5.03. The van der Waals surface area contributed by atoms with Gasteiger partial charge >= 0.3 is 0 Å². The summed E-state index contributed by atoms with van der Waals surface area (Å²) >= 11 is 0. The van der Waals surface area contributed by atoms with E-state index in [1.54, 1.807) is 17.0 Å². The number of hydrogen-bond donors (Lipinski definition) is 1.